The van der Waals surface area contributed by atoms with E-state index in [2.05, 4.69) is 32.9 Å². The zero-order valence-corrected chi connectivity index (χ0v) is 10.4. The van der Waals surface area contributed by atoms with Crippen LogP contribution in [-0.4, -0.2) is 9.46 Å². The third-order valence-electron chi connectivity index (χ3n) is 2.78. The molecule has 1 aliphatic rings. The molecule has 0 bridgehead atoms. The largest absolute Gasteiger partial charge is 0.254 e. The van der Waals surface area contributed by atoms with Gasteiger partial charge in [0.25, 0.3) is 0 Å². The summed E-state index contributed by atoms with van der Waals surface area (Å²) in [5.41, 5.74) is 1.48. The Balaban J connectivity index is 2.20. The van der Waals surface area contributed by atoms with E-state index >= 15 is 0 Å². The Bertz CT molecular complexity index is 369. The third-order valence-corrected chi connectivity index (χ3v) is 4.59. The van der Waals surface area contributed by atoms with Gasteiger partial charge in [-0.15, -0.1) is 0 Å². The first kappa shape index (κ1) is 10.9. The van der Waals surface area contributed by atoms with Gasteiger partial charge in [0.05, 0.1) is 10.8 Å². The topological polar surface area (TPSA) is 17.1 Å². The zero-order chi connectivity index (χ0) is 11.1. The van der Waals surface area contributed by atoms with Gasteiger partial charge in [-0.2, -0.15) is 0 Å². The molecule has 0 heterocycles. The van der Waals surface area contributed by atoms with E-state index in [4.69, 9.17) is 0 Å². The smallest absolute Gasteiger partial charge is 0.0560 e. The van der Waals surface area contributed by atoms with Crippen molar-refractivity contribution in [1.82, 2.24) is 0 Å². The summed E-state index contributed by atoms with van der Waals surface area (Å²) in [6, 6.07) is 8.26. The molecule has 1 saturated carbocycles. The molecule has 1 atom stereocenters. The van der Waals surface area contributed by atoms with Crippen molar-refractivity contribution in [2.24, 2.45) is 0 Å². The predicted molar refractivity (Wildman–Crippen MR) is 64.6 cm³/mol. The first-order valence-electron chi connectivity index (χ1n) is 5.49. The van der Waals surface area contributed by atoms with Crippen LogP contribution in [0.1, 0.15) is 39.2 Å². The molecule has 1 aromatic rings. The van der Waals surface area contributed by atoms with Crippen molar-refractivity contribution in [2.75, 3.05) is 0 Å². The number of hydrogen-bond donors (Lipinski definition) is 0. The lowest BCUT2D eigenvalue weighted by atomic mass is 9.87. The first-order valence-corrected chi connectivity index (χ1v) is 6.71. The lowest BCUT2D eigenvalue weighted by molar-refractivity contribution is 0.589. The van der Waals surface area contributed by atoms with Crippen LogP contribution in [0.3, 0.4) is 0 Å². The number of hydrogen-bond acceptors (Lipinski definition) is 1. The Morgan fingerprint density at radius 2 is 1.67 bits per heavy atom. The molecule has 0 saturated heterocycles. The van der Waals surface area contributed by atoms with E-state index in [0.717, 1.165) is 17.7 Å². The first-order chi connectivity index (χ1) is 6.98. The normalized spacial score (nSPS) is 18.9. The second-order valence-electron chi connectivity index (χ2n) is 5.27. The summed E-state index contributed by atoms with van der Waals surface area (Å²) in [7, 11) is -0.759. The molecular weight excluding hydrogens is 204 g/mol. The Morgan fingerprint density at radius 3 is 2.07 bits per heavy atom. The summed E-state index contributed by atoms with van der Waals surface area (Å²) in [4.78, 5) is 0.991. The molecule has 1 aromatic carbocycles. The van der Waals surface area contributed by atoms with Crippen LogP contribution in [0, 0.1) is 0 Å². The lowest BCUT2D eigenvalue weighted by Gasteiger charge is -2.18. The van der Waals surface area contributed by atoms with Gasteiger partial charge in [-0.1, -0.05) is 32.9 Å². The van der Waals surface area contributed by atoms with Gasteiger partial charge in [-0.3, -0.25) is 4.21 Å². The van der Waals surface area contributed by atoms with Crippen LogP contribution in [0.15, 0.2) is 29.2 Å². The summed E-state index contributed by atoms with van der Waals surface area (Å²) in [6.07, 6.45) is 2.27. The molecule has 0 N–H and O–H groups in total. The molecule has 0 aliphatic heterocycles. The molecule has 82 valence electrons. The summed E-state index contributed by atoms with van der Waals surface area (Å²) in [5.74, 6) is 0. The van der Waals surface area contributed by atoms with Crippen molar-refractivity contribution in [3.8, 4) is 0 Å². The molecule has 1 aliphatic carbocycles. The molecule has 2 rings (SSSR count). The highest BCUT2D eigenvalue weighted by Gasteiger charge is 2.29. The van der Waals surface area contributed by atoms with E-state index in [-0.39, 0.29) is 5.41 Å². The molecule has 0 aromatic heterocycles. The van der Waals surface area contributed by atoms with E-state index in [1.807, 2.05) is 12.1 Å². The van der Waals surface area contributed by atoms with E-state index in [0.29, 0.717) is 5.25 Å². The second-order valence-corrected chi connectivity index (χ2v) is 7.00. The Morgan fingerprint density at radius 1 is 1.13 bits per heavy atom. The lowest BCUT2D eigenvalue weighted by Crippen LogP contribution is -2.11. The standard InChI is InChI=1S/C13H18OS/c1-13(2,3)10-4-6-11(7-5-10)15(14)12-8-9-12/h4-7,12H,8-9H2,1-3H3. The SMILES string of the molecule is CC(C)(C)c1ccc(S(=O)C2CC2)cc1. The van der Waals surface area contributed by atoms with E-state index in [1.54, 1.807) is 0 Å². The van der Waals surface area contributed by atoms with Crippen molar-refractivity contribution >= 4 is 10.8 Å². The summed E-state index contributed by atoms with van der Waals surface area (Å²) in [6.45, 7) is 6.58. The molecule has 0 amide bonds. The monoisotopic (exact) mass is 222 g/mol. The van der Waals surface area contributed by atoms with Crippen molar-refractivity contribution in [1.29, 1.82) is 0 Å². The highest BCUT2D eigenvalue weighted by Crippen LogP contribution is 2.31. The van der Waals surface area contributed by atoms with Crippen LogP contribution >= 0.6 is 0 Å². The van der Waals surface area contributed by atoms with Crippen LogP contribution < -0.4 is 0 Å². The molecule has 2 heteroatoms. The average Bonchev–Trinajstić information content (AvgIpc) is 2.99. The van der Waals surface area contributed by atoms with Crippen molar-refractivity contribution in [3.05, 3.63) is 29.8 Å². The minimum atomic E-state index is -0.759. The maximum absolute atomic E-state index is 11.9. The van der Waals surface area contributed by atoms with Gasteiger partial charge >= 0.3 is 0 Å². The third kappa shape index (κ3) is 2.49. The Labute approximate surface area is 94.4 Å². The van der Waals surface area contributed by atoms with E-state index in [1.165, 1.54) is 5.56 Å². The van der Waals surface area contributed by atoms with Crippen LogP contribution in [0.5, 0.6) is 0 Å². The molecule has 15 heavy (non-hydrogen) atoms. The molecule has 0 radical (unpaired) electrons. The average molecular weight is 222 g/mol. The van der Waals surface area contributed by atoms with Crippen molar-refractivity contribution < 1.29 is 4.21 Å². The zero-order valence-electron chi connectivity index (χ0n) is 9.62. The Kier molecular flexibility index (Phi) is 2.72. The fourth-order valence-electron chi connectivity index (χ4n) is 1.56. The molecule has 1 unspecified atom stereocenters. The molecule has 1 fully saturated rings. The van der Waals surface area contributed by atoms with Gasteiger partial charge in [0, 0.05) is 10.1 Å². The fraction of sp³-hybridized carbons (Fsp3) is 0.538. The second kappa shape index (κ2) is 3.75. The van der Waals surface area contributed by atoms with Crippen molar-refractivity contribution in [3.63, 3.8) is 0 Å². The minimum absolute atomic E-state index is 0.180. The summed E-state index contributed by atoms with van der Waals surface area (Å²) in [5, 5.41) is 0.436. The van der Waals surface area contributed by atoms with Gasteiger partial charge in [-0.05, 0) is 36.0 Å². The van der Waals surface area contributed by atoms with E-state index in [9.17, 15) is 4.21 Å². The molecular formula is C13H18OS. The predicted octanol–water partition coefficient (Wildman–Crippen LogP) is 3.25. The van der Waals surface area contributed by atoms with Gasteiger partial charge in [-0.25, -0.2) is 0 Å². The maximum atomic E-state index is 11.9. The molecule has 0 spiro atoms. The fourth-order valence-corrected chi connectivity index (χ4v) is 2.92. The van der Waals surface area contributed by atoms with Crippen LogP contribution in [0.4, 0.5) is 0 Å². The van der Waals surface area contributed by atoms with Crippen LogP contribution in [0.2, 0.25) is 0 Å². The maximum Gasteiger partial charge on any atom is 0.0560 e. The number of rotatable bonds is 2. The minimum Gasteiger partial charge on any atom is -0.254 e. The highest BCUT2D eigenvalue weighted by molar-refractivity contribution is 7.86. The van der Waals surface area contributed by atoms with Crippen molar-refractivity contribution in [2.45, 2.75) is 49.2 Å². The highest BCUT2D eigenvalue weighted by atomic mass is 32.2. The van der Waals surface area contributed by atoms with Gasteiger partial charge in [0.2, 0.25) is 0 Å². The molecule has 1 nitrogen and oxygen atoms in total. The van der Waals surface area contributed by atoms with Gasteiger partial charge < -0.3 is 0 Å². The van der Waals surface area contributed by atoms with Gasteiger partial charge in [0.15, 0.2) is 0 Å². The van der Waals surface area contributed by atoms with Crippen LogP contribution in [-0.2, 0) is 16.2 Å². The summed E-state index contributed by atoms with van der Waals surface area (Å²) < 4.78 is 11.9. The quantitative estimate of drug-likeness (QED) is 0.750. The summed E-state index contributed by atoms with van der Waals surface area (Å²) >= 11 is 0. The number of benzene rings is 1. The van der Waals surface area contributed by atoms with Crippen LogP contribution in [0.25, 0.3) is 0 Å². The Hall–Kier alpha value is -0.630. The van der Waals surface area contributed by atoms with E-state index < -0.39 is 10.8 Å². The van der Waals surface area contributed by atoms with Gasteiger partial charge in [0.1, 0.15) is 0 Å².